The third-order valence-electron chi connectivity index (χ3n) is 4.81. The summed E-state index contributed by atoms with van der Waals surface area (Å²) < 4.78 is 0. The van der Waals surface area contributed by atoms with E-state index in [-0.39, 0.29) is 11.2 Å². The van der Waals surface area contributed by atoms with Gasteiger partial charge in [-0.15, -0.1) is 0 Å². The molecule has 1 atom stereocenters. The van der Waals surface area contributed by atoms with Crippen LogP contribution in [0.3, 0.4) is 0 Å². The van der Waals surface area contributed by atoms with Gasteiger partial charge < -0.3 is 5.21 Å². The molecule has 2 aliphatic carbocycles. The summed E-state index contributed by atoms with van der Waals surface area (Å²) >= 11 is 0. The van der Waals surface area contributed by atoms with Crippen LogP contribution in [0.15, 0.2) is 4.99 Å². The molecule has 1 spiro atoms. The van der Waals surface area contributed by atoms with Crippen LogP contribution in [-0.2, 0) is 0 Å². The minimum absolute atomic E-state index is 0.143. The lowest BCUT2D eigenvalue weighted by Crippen LogP contribution is -2.55. The molecule has 1 aliphatic heterocycles. The third kappa shape index (κ3) is 1.31. The van der Waals surface area contributed by atoms with Gasteiger partial charge in [0.1, 0.15) is 5.66 Å². The molecule has 1 heterocycles. The van der Waals surface area contributed by atoms with Gasteiger partial charge >= 0.3 is 0 Å². The summed E-state index contributed by atoms with van der Waals surface area (Å²) in [6.07, 6.45) is 10.5. The fourth-order valence-electron chi connectivity index (χ4n) is 3.78. The second-order valence-corrected chi connectivity index (χ2v) is 5.89. The van der Waals surface area contributed by atoms with Gasteiger partial charge in [-0.3, -0.25) is 4.99 Å². The van der Waals surface area contributed by atoms with Gasteiger partial charge in [-0.05, 0) is 51.9 Å². The molecule has 0 saturated heterocycles. The van der Waals surface area contributed by atoms with Crippen molar-refractivity contribution in [1.29, 1.82) is 0 Å². The molecule has 1 unspecified atom stereocenters. The highest BCUT2D eigenvalue weighted by Gasteiger charge is 2.54. The lowest BCUT2D eigenvalue weighted by Gasteiger charge is -2.43. The van der Waals surface area contributed by atoms with Crippen LogP contribution in [0.25, 0.3) is 0 Å². The highest BCUT2D eigenvalue weighted by atomic mass is 16.5. The van der Waals surface area contributed by atoms with Gasteiger partial charge in [0.15, 0.2) is 0 Å². The van der Waals surface area contributed by atoms with Gasteiger partial charge in [0.25, 0.3) is 0 Å². The van der Waals surface area contributed by atoms with E-state index in [2.05, 4.69) is 6.92 Å². The van der Waals surface area contributed by atoms with E-state index >= 15 is 0 Å². The van der Waals surface area contributed by atoms with E-state index in [0.717, 1.165) is 25.7 Å². The molecule has 0 radical (unpaired) electrons. The second kappa shape index (κ2) is 3.54. The molecule has 3 heteroatoms. The Kier molecular flexibility index (Phi) is 2.37. The van der Waals surface area contributed by atoms with Crippen molar-refractivity contribution in [3.8, 4) is 0 Å². The van der Waals surface area contributed by atoms with Crippen molar-refractivity contribution in [2.45, 2.75) is 75.9 Å². The molecular formula is C13H22N2O. The van der Waals surface area contributed by atoms with Crippen molar-refractivity contribution in [1.82, 2.24) is 5.06 Å². The smallest absolute Gasteiger partial charge is 0.136 e. The molecule has 0 bridgehead atoms. The Bertz CT molecular complexity index is 320. The molecule has 2 fully saturated rings. The molecule has 3 nitrogen and oxygen atoms in total. The van der Waals surface area contributed by atoms with Gasteiger partial charge in [0, 0.05) is 5.71 Å². The van der Waals surface area contributed by atoms with Gasteiger partial charge in [-0.1, -0.05) is 12.8 Å². The first-order valence-corrected chi connectivity index (χ1v) is 6.76. The van der Waals surface area contributed by atoms with Crippen LogP contribution in [0.5, 0.6) is 0 Å². The first kappa shape index (κ1) is 10.7. The summed E-state index contributed by atoms with van der Waals surface area (Å²) in [7, 11) is 0. The first-order chi connectivity index (χ1) is 7.67. The Morgan fingerprint density at radius 3 is 2.44 bits per heavy atom. The summed E-state index contributed by atoms with van der Waals surface area (Å²) in [6.45, 7) is 2.17. The number of hydrogen-bond acceptors (Lipinski definition) is 3. The first-order valence-electron chi connectivity index (χ1n) is 6.76. The topological polar surface area (TPSA) is 35.8 Å². The van der Waals surface area contributed by atoms with E-state index in [1.807, 2.05) is 0 Å². The summed E-state index contributed by atoms with van der Waals surface area (Å²) in [4.78, 5) is 4.95. The molecule has 16 heavy (non-hydrogen) atoms. The largest absolute Gasteiger partial charge is 0.311 e. The summed E-state index contributed by atoms with van der Waals surface area (Å²) in [5.41, 5.74) is 0.880. The zero-order valence-electron chi connectivity index (χ0n) is 10.2. The molecule has 3 rings (SSSR count). The van der Waals surface area contributed by atoms with Gasteiger partial charge in [0.2, 0.25) is 0 Å². The lowest BCUT2D eigenvalue weighted by molar-refractivity contribution is -0.215. The summed E-state index contributed by atoms with van der Waals surface area (Å²) in [5, 5.41) is 12.2. The maximum Gasteiger partial charge on any atom is 0.136 e. The van der Waals surface area contributed by atoms with Crippen molar-refractivity contribution in [3.63, 3.8) is 0 Å². The van der Waals surface area contributed by atoms with E-state index in [1.165, 1.54) is 37.8 Å². The SMILES string of the molecule is CC12CCCCC1=NC1(CCCCC1)N2O. The molecule has 0 aromatic heterocycles. The maximum absolute atomic E-state index is 10.6. The van der Waals surface area contributed by atoms with E-state index in [1.54, 1.807) is 5.06 Å². The minimum Gasteiger partial charge on any atom is -0.311 e. The van der Waals surface area contributed by atoms with E-state index in [4.69, 9.17) is 4.99 Å². The number of aliphatic imine (C=N–C) groups is 1. The predicted molar refractivity (Wildman–Crippen MR) is 63.7 cm³/mol. The van der Waals surface area contributed by atoms with Crippen LogP contribution in [0.2, 0.25) is 0 Å². The van der Waals surface area contributed by atoms with Crippen molar-refractivity contribution in [2.75, 3.05) is 0 Å². The molecule has 0 amide bonds. The zero-order chi connectivity index (χ0) is 11.2. The predicted octanol–water partition coefficient (Wildman–Crippen LogP) is 3.13. The van der Waals surface area contributed by atoms with Crippen molar-refractivity contribution >= 4 is 5.71 Å². The van der Waals surface area contributed by atoms with Crippen LogP contribution >= 0.6 is 0 Å². The van der Waals surface area contributed by atoms with Crippen molar-refractivity contribution in [2.24, 2.45) is 4.99 Å². The third-order valence-corrected chi connectivity index (χ3v) is 4.81. The van der Waals surface area contributed by atoms with E-state index < -0.39 is 0 Å². The summed E-state index contributed by atoms with van der Waals surface area (Å²) in [6, 6.07) is 0. The average molecular weight is 222 g/mol. The number of fused-ring (bicyclic) bond motifs is 1. The Balaban J connectivity index is 1.95. The van der Waals surface area contributed by atoms with Crippen LogP contribution in [-0.4, -0.2) is 27.2 Å². The average Bonchev–Trinajstić information content (AvgIpc) is 2.52. The molecular weight excluding hydrogens is 200 g/mol. The quantitative estimate of drug-likeness (QED) is 0.683. The monoisotopic (exact) mass is 222 g/mol. The molecule has 2 saturated carbocycles. The highest BCUT2D eigenvalue weighted by Crippen LogP contribution is 2.47. The normalized spacial score (nSPS) is 38.5. The van der Waals surface area contributed by atoms with Gasteiger partial charge in [-0.25, -0.2) is 0 Å². The van der Waals surface area contributed by atoms with Gasteiger partial charge in [-0.2, -0.15) is 5.06 Å². The molecule has 3 aliphatic rings. The standard InChI is InChI=1S/C13H22N2O/c1-12-8-6-3-7-11(12)14-13(15(12)16)9-4-2-5-10-13/h16H,2-10H2,1H3. The Labute approximate surface area is 97.5 Å². The molecule has 90 valence electrons. The fraction of sp³-hybridized carbons (Fsp3) is 0.923. The van der Waals surface area contributed by atoms with E-state index in [9.17, 15) is 5.21 Å². The Morgan fingerprint density at radius 2 is 1.75 bits per heavy atom. The lowest BCUT2D eigenvalue weighted by atomic mass is 9.81. The summed E-state index contributed by atoms with van der Waals surface area (Å²) in [5.74, 6) is 0. The number of hydrogen-bond donors (Lipinski definition) is 1. The zero-order valence-corrected chi connectivity index (χ0v) is 10.2. The molecule has 1 N–H and O–H groups in total. The van der Waals surface area contributed by atoms with Crippen LogP contribution in [0.4, 0.5) is 0 Å². The fourth-order valence-corrected chi connectivity index (χ4v) is 3.78. The number of nitrogens with zero attached hydrogens (tertiary/aromatic N) is 2. The maximum atomic E-state index is 10.6. The second-order valence-electron chi connectivity index (χ2n) is 5.89. The molecule has 0 aromatic carbocycles. The van der Waals surface area contributed by atoms with Crippen LogP contribution in [0.1, 0.15) is 64.7 Å². The molecule has 0 aromatic rings. The Morgan fingerprint density at radius 1 is 1.06 bits per heavy atom. The Hall–Kier alpha value is -0.410. The highest BCUT2D eigenvalue weighted by molar-refractivity contribution is 5.95. The number of hydroxylamine groups is 2. The minimum atomic E-state index is -0.243. The van der Waals surface area contributed by atoms with Crippen LogP contribution < -0.4 is 0 Å². The number of rotatable bonds is 0. The van der Waals surface area contributed by atoms with Crippen molar-refractivity contribution < 1.29 is 5.21 Å². The van der Waals surface area contributed by atoms with Gasteiger partial charge in [0.05, 0.1) is 5.54 Å². The van der Waals surface area contributed by atoms with Crippen molar-refractivity contribution in [3.05, 3.63) is 0 Å². The van der Waals surface area contributed by atoms with Crippen LogP contribution in [0, 0.1) is 0 Å². The van der Waals surface area contributed by atoms with E-state index in [0.29, 0.717) is 0 Å².